The fourth-order valence-corrected chi connectivity index (χ4v) is 4.87. The summed E-state index contributed by atoms with van der Waals surface area (Å²) in [6, 6.07) is 6.88. The Hall–Kier alpha value is -2.72. The first kappa shape index (κ1) is 26.9. The second-order valence-corrected chi connectivity index (χ2v) is 9.62. The molecule has 0 radical (unpaired) electrons. The van der Waals surface area contributed by atoms with Crippen molar-refractivity contribution in [3.63, 3.8) is 0 Å². The number of methoxy groups -OCH3 is 1. The minimum atomic E-state index is -0.651. The summed E-state index contributed by atoms with van der Waals surface area (Å²) in [5.74, 6) is 0.157. The molecule has 1 aromatic carbocycles. The summed E-state index contributed by atoms with van der Waals surface area (Å²) in [6.45, 7) is 5.75. The summed E-state index contributed by atoms with van der Waals surface area (Å²) < 4.78 is 5.04. The molecule has 2 aliphatic rings. The molecule has 9 nitrogen and oxygen atoms in total. The van der Waals surface area contributed by atoms with Gasteiger partial charge < -0.3 is 15.4 Å². The van der Waals surface area contributed by atoms with Gasteiger partial charge in [0.05, 0.1) is 10.9 Å². The van der Waals surface area contributed by atoms with Gasteiger partial charge in [-0.25, -0.2) is 9.89 Å². The van der Waals surface area contributed by atoms with Gasteiger partial charge in [-0.2, -0.15) is 0 Å². The molecule has 0 aromatic heterocycles. The van der Waals surface area contributed by atoms with Crippen LogP contribution in [0.1, 0.15) is 57.9 Å². The zero-order valence-electron chi connectivity index (χ0n) is 20.7. The lowest BCUT2D eigenvalue weighted by Gasteiger charge is -2.27. The summed E-state index contributed by atoms with van der Waals surface area (Å²) >= 11 is 1.27. The number of carbonyl (C=O) groups excluding carboxylic acids is 3. The molecule has 35 heavy (non-hydrogen) atoms. The van der Waals surface area contributed by atoms with E-state index in [4.69, 9.17) is 14.7 Å². The monoisotopic (exact) mass is 501 g/mol. The number of aliphatic imine (C=N–C) groups is 2. The van der Waals surface area contributed by atoms with Crippen LogP contribution < -0.4 is 10.6 Å². The molecular weight excluding hydrogens is 466 g/mol. The van der Waals surface area contributed by atoms with E-state index in [0.717, 1.165) is 24.8 Å². The number of hydrogen-bond donors (Lipinski definition) is 2. The second kappa shape index (κ2) is 13.4. The number of rotatable bonds is 13. The van der Waals surface area contributed by atoms with Crippen LogP contribution in [0.3, 0.4) is 0 Å². The van der Waals surface area contributed by atoms with Crippen LogP contribution in [0.15, 0.2) is 34.3 Å². The van der Waals surface area contributed by atoms with Gasteiger partial charge in [0.1, 0.15) is 11.9 Å². The number of benzene rings is 1. The highest BCUT2D eigenvalue weighted by Crippen LogP contribution is 2.35. The van der Waals surface area contributed by atoms with Gasteiger partial charge in [0.2, 0.25) is 11.8 Å². The topological polar surface area (TPSA) is 112 Å². The summed E-state index contributed by atoms with van der Waals surface area (Å²) in [5, 5.41) is 5.87. The third-order valence-electron chi connectivity index (χ3n) is 5.78. The number of carbonyl (C=O) groups is 3. The average molecular weight is 502 g/mol. The average Bonchev–Trinajstić information content (AvgIpc) is 3.20. The molecule has 2 heterocycles. The van der Waals surface area contributed by atoms with Crippen molar-refractivity contribution in [2.24, 2.45) is 9.98 Å². The molecule has 2 unspecified atom stereocenters. The van der Waals surface area contributed by atoms with Crippen LogP contribution in [0, 0.1) is 0 Å². The molecule has 10 heteroatoms. The Bertz CT molecular complexity index is 980. The number of thioether (sulfide) groups is 1. The minimum Gasteiger partial charge on any atom is -0.385 e. The van der Waals surface area contributed by atoms with E-state index in [-0.39, 0.29) is 24.1 Å². The number of nitrogens with one attached hydrogen (secondary N) is 2. The van der Waals surface area contributed by atoms with Crippen LogP contribution in [0.4, 0.5) is 5.69 Å². The smallest absolute Gasteiger partial charge is 0.259 e. The van der Waals surface area contributed by atoms with Crippen molar-refractivity contribution in [3.8, 4) is 0 Å². The maximum absolute atomic E-state index is 13.4. The number of amidine groups is 2. The van der Waals surface area contributed by atoms with E-state index >= 15 is 0 Å². The van der Waals surface area contributed by atoms with E-state index in [1.807, 2.05) is 31.2 Å². The first-order chi connectivity index (χ1) is 17.0. The van der Waals surface area contributed by atoms with Crippen LogP contribution in [0.2, 0.25) is 0 Å². The van der Waals surface area contributed by atoms with Crippen molar-refractivity contribution in [1.29, 1.82) is 0 Å². The van der Waals surface area contributed by atoms with Gasteiger partial charge in [0.15, 0.2) is 5.17 Å². The van der Waals surface area contributed by atoms with Crippen molar-refractivity contribution in [2.45, 2.75) is 63.7 Å². The molecule has 0 aliphatic carbocycles. The highest BCUT2D eigenvalue weighted by atomic mass is 32.2. The van der Waals surface area contributed by atoms with Crippen LogP contribution >= 0.6 is 11.8 Å². The number of amides is 3. The van der Waals surface area contributed by atoms with Crippen molar-refractivity contribution in [2.75, 3.05) is 26.8 Å². The lowest BCUT2D eigenvalue weighted by atomic mass is 10.1. The Morgan fingerprint density at radius 2 is 1.94 bits per heavy atom. The number of unbranched alkanes of at least 4 members (excludes halogenated alkanes) is 1. The zero-order valence-corrected chi connectivity index (χ0v) is 21.5. The Morgan fingerprint density at radius 1 is 1.17 bits per heavy atom. The second-order valence-electron chi connectivity index (χ2n) is 8.45. The Balaban J connectivity index is 1.74. The van der Waals surface area contributed by atoms with Gasteiger partial charge >= 0.3 is 0 Å². The predicted octanol–water partition coefficient (Wildman–Crippen LogP) is 3.01. The van der Waals surface area contributed by atoms with Gasteiger partial charge in [0, 0.05) is 38.8 Å². The van der Waals surface area contributed by atoms with Gasteiger partial charge in [0.25, 0.3) is 5.91 Å². The first-order valence-electron chi connectivity index (χ1n) is 12.3. The molecule has 2 N–H and O–H groups in total. The van der Waals surface area contributed by atoms with Gasteiger partial charge in [-0.3, -0.25) is 19.4 Å². The third kappa shape index (κ3) is 6.91. The van der Waals surface area contributed by atoms with E-state index in [1.165, 1.54) is 16.7 Å². The zero-order chi connectivity index (χ0) is 25.2. The molecule has 3 amide bonds. The Kier molecular flexibility index (Phi) is 10.3. The number of ether oxygens (including phenoxy) is 1. The maximum Gasteiger partial charge on any atom is 0.259 e. The molecule has 3 rings (SSSR count). The Morgan fingerprint density at radius 3 is 2.69 bits per heavy atom. The number of fused-ring (bicyclic) bond motifs is 3. The quantitative estimate of drug-likeness (QED) is 0.404. The molecule has 0 bridgehead atoms. The lowest BCUT2D eigenvalue weighted by Crippen LogP contribution is -2.43. The van der Waals surface area contributed by atoms with E-state index in [2.05, 4.69) is 17.6 Å². The molecule has 1 aromatic rings. The number of para-hydroxylation sites is 1. The summed E-state index contributed by atoms with van der Waals surface area (Å²) in [4.78, 5) is 49.3. The molecule has 0 saturated heterocycles. The van der Waals surface area contributed by atoms with Crippen LogP contribution in [0.5, 0.6) is 0 Å². The van der Waals surface area contributed by atoms with Crippen molar-refractivity contribution < 1.29 is 19.1 Å². The SMILES string of the molecule is CCCCNC(=O)CCC1N=C2c3ccccc3N=C(SC(CC)C(=O)NCCCOC)N2C1=O. The molecule has 190 valence electrons. The van der Waals surface area contributed by atoms with Gasteiger partial charge in [-0.15, -0.1) is 0 Å². The Labute approximate surface area is 211 Å². The fraction of sp³-hybridized carbons (Fsp3) is 0.560. The molecule has 0 saturated carbocycles. The molecule has 0 spiro atoms. The van der Waals surface area contributed by atoms with Crippen LogP contribution in [0.25, 0.3) is 0 Å². The maximum atomic E-state index is 13.4. The predicted molar refractivity (Wildman–Crippen MR) is 139 cm³/mol. The standard InChI is InChI=1S/C25H35N5O4S/c1-4-6-14-26-21(31)13-12-19-24(33)30-22(28-19)17-10-7-8-11-18(17)29-25(30)35-20(5-2)23(32)27-15-9-16-34-3/h7-8,10-11,19-20H,4-6,9,12-16H2,1-3H3,(H,26,31)(H,27,32). The summed E-state index contributed by atoms with van der Waals surface area (Å²) in [6.07, 6.45) is 3.80. The van der Waals surface area contributed by atoms with Crippen molar-refractivity contribution >= 4 is 46.2 Å². The largest absolute Gasteiger partial charge is 0.385 e. The summed E-state index contributed by atoms with van der Waals surface area (Å²) in [5.41, 5.74) is 1.49. The first-order valence-corrected chi connectivity index (χ1v) is 13.2. The highest BCUT2D eigenvalue weighted by molar-refractivity contribution is 8.15. The van der Waals surface area contributed by atoms with Gasteiger partial charge in [-0.05, 0) is 37.8 Å². The summed E-state index contributed by atoms with van der Waals surface area (Å²) in [7, 11) is 1.63. The molecular formula is C25H35N5O4S. The van der Waals surface area contributed by atoms with E-state index in [0.29, 0.717) is 49.2 Å². The molecule has 2 aliphatic heterocycles. The van der Waals surface area contributed by atoms with E-state index < -0.39 is 11.3 Å². The van der Waals surface area contributed by atoms with Crippen molar-refractivity contribution in [1.82, 2.24) is 15.5 Å². The number of hydrogen-bond acceptors (Lipinski definition) is 7. The van der Waals surface area contributed by atoms with Crippen molar-refractivity contribution in [3.05, 3.63) is 29.8 Å². The van der Waals surface area contributed by atoms with E-state index in [1.54, 1.807) is 7.11 Å². The molecule has 0 fully saturated rings. The fourth-order valence-electron chi connectivity index (χ4n) is 3.82. The van der Waals surface area contributed by atoms with Crippen LogP contribution in [-0.4, -0.2) is 71.7 Å². The van der Waals surface area contributed by atoms with Gasteiger partial charge in [-0.1, -0.05) is 44.2 Å². The third-order valence-corrected chi connectivity index (χ3v) is 7.10. The highest BCUT2D eigenvalue weighted by Gasteiger charge is 2.42. The van der Waals surface area contributed by atoms with E-state index in [9.17, 15) is 14.4 Å². The molecule has 2 atom stereocenters. The van der Waals surface area contributed by atoms with Crippen LogP contribution in [-0.2, 0) is 19.1 Å². The normalized spacial score (nSPS) is 17.3. The minimum absolute atomic E-state index is 0.0730. The number of nitrogens with zero attached hydrogens (tertiary/aromatic N) is 3. The lowest BCUT2D eigenvalue weighted by molar-refractivity contribution is -0.125.